The number of carbonyl (C=O) groups excluding carboxylic acids is 1. The zero-order chi connectivity index (χ0) is 13.9. The van der Waals surface area contributed by atoms with E-state index >= 15 is 0 Å². The molecule has 0 spiro atoms. The van der Waals surface area contributed by atoms with Crippen molar-refractivity contribution in [3.05, 3.63) is 29.3 Å². The lowest BCUT2D eigenvalue weighted by atomic mass is 9.98. The molecule has 0 unspecified atom stereocenters. The van der Waals surface area contributed by atoms with Crippen LogP contribution in [0.2, 0.25) is 0 Å². The fourth-order valence-electron chi connectivity index (χ4n) is 1.64. The molecule has 0 saturated carbocycles. The van der Waals surface area contributed by atoms with Gasteiger partial charge in [-0.2, -0.15) is 8.78 Å². The Kier molecular flexibility index (Phi) is 4.64. The Morgan fingerprint density at radius 2 is 1.89 bits per heavy atom. The van der Waals surface area contributed by atoms with Crippen molar-refractivity contribution in [2.24, 2.45) is 0 Å². The molecule has 0 saturated heterocycles. The maximum absolute atomic E-state index is 12.5. The summed E-state index contributed by atoms with van der Waals surface area (Å²) in [4.78, 5) is 13.3. The van der Waals surface area contributed by atoms with E-state index in [0.717, 1.165) is 0 Å². The molecule has 0 heterocycles. The number of carbonyl (C=O) groups is 1. The number of nitrogens with zero attached hydrogens (tertiary/aromatic N) is 1. The van der Waals surface area contributed by atoms with Gasteiger partial charge in [-0.1, -0.05) is 26.0 Å². The maximum atomic E-state index is 12.5. The monoisotopic (exact) mass is 257 g/mol. The summed E-state index contributed by atoms with van der Waals surface area (Å²) in [5.41, 5.74) is 0.759. The highest BCUT2D eigenvalue weighted by Crippen LogP contribution is 2.32. The summed E-state index contributed by atoms with van der Waals surface area (Å²) < 4.78 is 29.5. The van der Waals surface area contributed by atoms with Crippen molar-refractivity contribution in [2.45, 2.75) is 26.4 Å². The molecule has 100 valence electrons. The van der Waals surface area contributed by atoms with E-state index in [1.165, 1.54) is 11.0 Å². The fraction of sp³-hybridized carbons (Fsp3) is 0.462. The van der Waals surface area contributed by atoms with Crippen molar-refractivity contribution in [1.29, 1.82) is 0 Å². The Morgan fingerprint density at radius 1 is 1.28 bits per heavy atom. The van der Waals surface area contributed by atoms with Crippen LogP contribution in [0.5, 0.6) is 5.75 Å². The van der Waals surface area contributed by atoms with Crippen LogP contribution in [0.3, 0.4) is 0 Å². The SMILES string of the molecule is CC(C)c1cccc(C(=O)N(C)C)c1OC(F)F. The van der Waals surface area contributed by atoms with E-state index in [1.807, 2.05) is 13.8 Å². The first kappa shape index (κ1) is 14.4. The summed E-state index contributed by atoms with van der Waals surface area (Å²) >= 11 is 0. The molecule has 0 aliphatic carbocycles. The Morgan fingerprint density at radius 3 is 2.33 bits per heavy atom. The molecule has 0 fully saturated rings. The first-order chi connectivity index (χ1) is 8.34. The quantitative estimate of drug-likeness (QED) is 0.829. The molecule has 0 aliphatic heterocycles. The topological polar surface area (TPSA) is 29.5 Å². The van der Waals surface area contributed by atoms with Crippen LogP contribution in [0.1, 0.15) is 35.7 Å². The predicted molar refractivity (Wildman–Crippen MR) is 65.2 cm³/mol. The van der Waals surface area contributed by atoms with Crippen LogP contribution in [-0.2, 0) is 0 Å². The maximum Gasteiger partial charge on any atom is 0.387 e. The van der Waals surface area contributed by atoms with Gasteiger partial charge in [0.15, 0.2) is 0 Å². The molecule has 3 nitrogen and oxygen atoms in total. The number of ether oxygens (including phenoxy) is 1. The molecule has 1 aromatic carbocycles. The van der Waals surface area contributed by atoms with E-state index in [9.17, 15) is 13.6 Å². The normalized spacial score (nSPS) is 10.9. The third-order valence-electron chi connectivity index (χ3n) is 2.51. The van der Waals surface area contributed by atoms with Gasteiger partial charge in [-0.25, -0.2) is 0 Å². The second-order valence-electron chi connectivity index (χ2n) is 4.46. The summed E-state index contributed by atoms with van der Waals surface area (Å²) in [5.74, 6) is -0.386. The molecule has 5 heteroatoms. The van der Waals surface area contributed by atoms with E-state index in [0.29, 0.717) is 5.56 Å². The lowest BCUT2D eigenvalue weighted by Crippen LogP contribution is -2.23. The van der Waals surface area contributed by atoms with Crippen molar-refractivity contribution < 1.29 is 18.3 Å². The fourth-order valence-corrected chi connectivity index (χ4v) is 1.64. The molecule has 0 N–H and O–H groups in total. The largest absolute Gasteiger partial charge is 0.434 e. The summed E-state index contributed by atoms with van der Waals surface area (Å²) in [5, 5.41) is 0. The smallest absolute Gasteiger partial charge is 0.387 e. The number of benzene rings is 1. The van der Waals surface area contributed by atoms with E-state index in [4.69, 9.17) is 0 Å². The number of hydrogen-bond donors (Lipinski definition) is 0. The van der Waals surface area contributed by atoms with Gasteiger partial charge in [0.25, 0.3) is 5.91 Å². The molecule has 1 rings (SSSR count). The van der Waals surface area contributed by atoms with Crippen molar-refractivity contribution in [1.82, 2.24) is 4.90 Å². The number of rotatable bonds is 4. The molecule has 0 aromatic heterocycles. The summed E-state index contributed by atoms with van der Waals surface area (Å²) in [6, 6.07) is 4.85. The average Bonchev–Trinajstić information content (AvgIpc) is 2.27. The van der Waals surface area contributed by atoms with E-state index in [-0.39, 0.29) is 23.1 Å². The van der Waals surface area contributed by atoms with Crippen molar-refractivity contribution in [3.63, 3.8) is 0 Å². The number of amides is 1. The van der Waals surface area contributed by atoms with E-state index in [1.54, 1.807) is 26.2 Å². The minimum Gasteiger partial charge on any atom is -0.434 e. The van der Waals surface area contributed by atoms with Crippen molar-refractivity contribution in [3.8, 4) is 5.75 Å². The highest BCUT2D eigenvalue weighted by atomic mass is 19.3. The van der Waals surface area contributed by atoms with Crippen LogP contribution in [-0.4, -0.2) is 31.5 Å². The van der Waals surface area contributed by atoms with Crippen molar-refractivity contribution in [2.75, 3.05) is 14.1 Å². The molecular weight excluding hydrogens is 240 g/mol. The second kappa shape index (κ2) is 5.80. The first-order valence-electron chi connectivity index (χ1n) is 5.64. The third kappa shape index (κ3) is 3.18. The third-order valence-corrected chi connectivity index (χ3v) is 2.51. The highest BCUT2D eigenvalue weighted by Gasteiger charge is 2.21. The van der Waals surface area contributed by atoms with Crippen LogP contribution in [0.25, 0.3) is 0 Å². The van der Waals surface area contributed by atoms with Gasteiger partial charge in [0.1, 0.15) is 5.75 Å². The molecule has 0 radical (unpaired) electrons. The molecule has 0 atom stereocenters. The van der Waals surface area contributed by atoms with E-state index in [2.05, 4.69) is 4.74 Å². The van der Waals surface area contributed by atoms with Crippen LogP contribution in [0.15, 0.2) is 18.2 Å². The lowest BCUT2D eigenvalue weighted by molar-refractivity contribution is -0.0509. The van der Waals surface area contributed by atoms with Gasteiger partial charge < -0.3 is 9.64 Å². The van der Waals surface area contributed by atoms with Crippen LogP contribution in [0.4, 0.5) is 8.78 Å². The van der Waals surface area contributed by atoms with Gasteiger partial charge in [0.2, 0.25) is 0 Å². The Labute approximate surface area is 105 Å². The van der Waals surface area contributed by atoms with Gasteiger partial charge in [0.05, 0.1) is 5.56 Å². The molecule has 1 amide bonds. The molecule has 1 aromatic rings. The predicted octanol–water partition coefficient (Wildman–Crippen LogP) is 3.11. The van der Waals surface area contributed by atoms with Gasteiger partial charge in [0, 0.05) is 14.1 Å². The Hall–Kier alpha value is -1.65. The zero-order valence-corrected chi connectivity index (χ0v) is 10.9. The van der Waals surface area contributed by atoms with Gasteiger partial charge in [-0.15, -0.1) is 0 Å². The highest BCUT2D eigenvalue weighted by molar-refractivity contribution is 5.97. The molecule has 0 aliphatic rings. The average molecular weight is 257 g/mol. The Bertz CT molecular complexity index is 431. The minimum absolute atomic E-state index is 0.00587. The van der Waals surface area contributed by atoms with Crippen LogP contribution in [0, 0.1) is 0 Å². The summed E-state index contributed by atoms with van der Waals surface area (Å²) in [7, 11) is 3.13. The Balaban J connectivity index is 3.32. The van der Waals surface area contributed by atoms with Gasteiger partial charge in [-0.05, 0) is 17.5 Å². The number of alkyl halides is 2. The van der Waals surface area contributed by atoms with E-state index < -0.39 is 6.61 Å². The molecule has 0 bridgehead atoms. The molecule has 18 heavy (non-hydrogen) atoms. The van der Waals surface area contributed by atoms with Gasteiger partial charge in [-0.3, -0.25) is 4.79 Å². The number of halogens is 2. The summed E-state index contributed by atoms with van der Waals surface area (Å²) in [6.07, 6.45) is 0. The standard InChI is InChI=1S/C13H17F2NO2/c1-8(2)9-6-5-7-10(12(17)16(3)4)11(9)18-13(14)15/h5-8,13H,1-4H3. The first-order valence-corrected chi connectivity index (χ1v) is 5.64. The number of hydrogen-bond acceptors (Lipinski definition) is 2. The van der Waals surface area contributed by atoms with Gasteiger partial charge >= 0.3 is 6.61 Å². The van der Waals surface area contributed by atoms with Crippen molar-refractivity contribution >= 4 is 5.91 Å². The zero-order valence-electron chi connectivity index (χ0n) is 10.9. The number of para-hydroxylation sites is 1. The molecular formula is C13H17F2NO2. The second-order valence-corrected chi connectivity index (χ2v) is 4.46. The summed E-state index contributed by atoms with van der Waals surface area (Å²) in [6.45, 7) is 0.772. The van der Waals surface area contributed by atoms with Crippen LogP contribution >= 0.6 is 0 Å². The minimum atomic E-state index is -2.95. The lowest BCUT2D eigenvalue weighted by Gasteiger charge is -2.19. The van der Waals surface area contributed by atoms with Crippen LogP contribution < -0.4 is 4.74 Å².